The third kappa shape index (κ3) is 4.34. The van der Waals surface area contributed by atoms with Gasteiger partial charge in [-0.15, -0.1) is 0 Å². The SMILES string of the molecule is C[C@H](Nc1nc(N)ncc1C(F)(F)F)c1cc2cccc(Cl)c2c(=O)n1-c1cccc(F)c1. The van der Waals surface area contributed by atoms with E-state index in [0.29, 0.717) is 11.6 Å². The van der Waals surface area contributed by atoms with Gasteiger partial charge in [0, 0.05) is 11.9 Å². The van der Waals surface area contributed by atoms with Crippen LogP contribution in [-0.4, -0.2) is 14.5 Å². The molecule has 0 unspecified atom stereocenters. The van der Waals surface area contributed by atoms with Crippen molar-refractivity contribution in [3.05, 3.63) is 87.2 Å². The molecule has 0 aliphatic rings. The lowest BCUT2D eigenvalue weighted by atomic mass is 10.1. The molecule has 0 saturated carbocycles. The van der Waals surface area contributed by atoms with Gasteiger partial charge in [0.15, 0.2) is 0 Å². The van der Waals surface area contributed by atoms with E-state index in [0.717, 1.165) is 6.07 Å². The molecular formula is C22H16ClF4N5O. The van der Waals surface area contributed by atoms with Crippen molar-refractivity contribution in [2.24, 2.45) is 0 Å². The highest BCUT2D eigenvalue weighted by Crippen LogP contribution is 2.35. The minimum atomic E-state index is -4.74. The highest BCUT2D eigenvalue weighted by atomic mass is 35.5. The van der Waals surface area contributed by atoms with Crippen molar-refractivity contribution in [1.82, 2.24) is 14.5 Å². The van der Waals surface area contributed by atoms with E-state index in [1.54, 1.807) is 31.2 Å². The predicted octanol–water partition coefficient (Wildman–Crippen LogP) is 5.35. The lowest BCUT2D eigenvalue weighted by Crippen LogP contribution is -2.26. The fourth-order valence-corrected chi connectivity index (χ4v) is 3.79. The smallest absolute Gasteiger partial charge is 0.368 e. The Hall–Kier alpha value is -3.66. The Labute approximate surface area is 189 Å². The van der Waals surface area contributed by atoms with Crippen LogP contribution >= 0.6 is 11.6 Å². The number of fused-ring (bicyclic) bond motifs is 1. The third-order valence-electron chi connectivity index (χ3n) is 5.00. The molecule has 2 aromatic carbocycles. The van der Waals surface area contributed by atoms with Gasteiger partial charge in [-0.2, -0.15) is 18.2 Å². The van der Waals surface area contributed by atoms with E-state index in [1.165, 1.54) is 22.8 Å². The van der Waals surface area contributed by atoms with Gasteiger partial charge in [0.25, 0.3) is 5.56 Å². The first kappa shape index (κ1) is 22.5. The van der Waals surface area contributed by atoms with Crippen molar-refractivity contribution in [3.8, 4) is 5.69 Å². The van der Waals surface area contributed by atoms with Gasteiger partial charge >= 0.3 is 6.18 Å². The van der Waals surface area contributed by atoms with Gasteiger partial charge in [0.2, 0.25) is 5.95 Å². The van der Waals surface area contributed by atoms with Gasteiger partial charge in [0.05, 0.1) is 22.1 Å². The number of benzene rings is 2. The molecule has 3 N–H and O–H groups in total. The predicted molar refractivity (Wildman–Crippen MR) is 118 cm³/mol. The summed E-state index contributed by atoms with van der Waals surface area (Å²) in [6, 6.07) is 10.8. The van der Waals surface area contributed by atoms with E-state index < -0.39 is 35.0 Å². The fraction of sp³-hybridized carbons (Fsp3) is 0.136. The first-order valence-corrected chi connectivity index (χ1v) is 10.0. The first-order valence-electron chi connectivity index (χ1n) is 9.62. The van der Waals surface area contributed by atoms with Crippen molar-refractivity contribution in [2.45, 2.75) is 19.1 Å². The number of rotatable bonds is 4. The van der Waals surface area contributed by atoms with E-state index in [1.807, 2.05) is 0 Å². The normalized spacial score (nSPS) is 12.7. The average molecular weight is 478 g/mol. The number of nitrogens with one attached hydrogen (secondary N) is 1. The summed E-state index contributed by atoms with van der Waals surface area (Å²) in [7, 11) is 0. The Bertz CT molecular complexity index is 1420. The van der Waals surface area contributed by atoms with Gasteiger partial charge in [-0.1, -0.05) is 29.8 Å². The van der Waals surface area contributed by atoms with Crippen LogP contribution in [0.2, 0.25) is 5.02 Å². The van der Waals surface area contributed by atoms with Crippen LogP contribution in [0.4, 0.5) is 29.3 Å². The zero-order valence-corrected chi connectivity index (χ0v) is 17.7. The first-order chi connectivity index (χ1) is 15.6. The number of alkyl halides is 3. The number of nitrogens with two attached hydrogens (primary N) is 1. The summed E-state index contributed by atoms with van der Waals surface area (Å²) in [5.41, 5.74) is 4.27. The lowest BCUT2D eigenvalue weighted by Gasteiger charge is -2.23. The Morgan fingerprint density at radius 2 is 1.88 bits per heavy atom. The quantitative estimate of drug-likeness (QED) is 0.387. The molecule has 0 spiro atoms. The van der Waals surface area contributed by atoms with E-state index in [4.69, 9.17) is 17.3 Å². The number of hydrogen-bond acceptors (Lipinski definition) is 5. The van der Waals surface area contributed by atoms with Crippen LogP contribution in [0, 0.1) is 5.82 Å². The summed E-state index contributed by atoms with van der Waals surface area (Å²) in [5, 5.41) is 3.53. The summed E-state index contributed by atoms with van der Waals surface area (Å²) >= 11 is 6.24. The number of nitrogens with zero attached hydrogens (tertiary/aromatic N) is 3. The topological polar surface area (TPSA) is 85.8 Å². The summed E-state index contributed by atoms with van der Waals surface area (Å²) < 4.78 is 55.6. The highest BCUT2D eigenvalue weighted by molar-refractivity contribution is 6.35. The molecule has 0 bridgehead atoms. The van der Waals surface area contributed by atoms with Crippen molar-refractivity contribution in [2.75, 3.05) is 11.1 Å². The molecular weight excluding hydrogens is 462 g/mol. The van der Waals surface area contributed by atoms with E-state index in [2.05, 4.69) is 15.3 Å². The van der Waals surface area contributed by atoms with E-state index in [9.17, 15) is 22.4 Å². The van der Waals surface area contributed by atoms with Crippen LogP contribution in [0.5, 0.6) is 0 Å². The van der Waals surface area contributed by atoms with Crippen LogP contribution in [0.1, 0.15) is 24.2 Å². The minimum absolute atomic E-state index is 0.184. The zero-order chi connectivity index (χ0) is 23.9. The molecule has 11 heteroatoms. The fourth-order valence-electron chi connectivity index (χ4n) is 3.53. The van der Waals surface area contributed by atoms with Crippen LogP contribution < -0.4 is 16.6 Å². The van der Waals surface area contributed by atoms with Gasteiger partial charge in [0.1, 0.15) is 17.2 Å². The second kappa shape index (κ2) is 8.36. The maximum Gasteiger partial charge on any atom is 0.421 e. The highest BCUT2D eigenvalue weighted by Gasteiger charge is 2.35. The second-order valence-corrected chi connectivity index (χ2v) is 7.66. The van der Waals surface area contributed by atoms with Crippen LogP contribution in [-0.2, 0) is 6.18 Å². The number of hydrogen-bond donors (Lipinski definition) is 2. The largest absolute Gasteiger partial charge is 0.421 e. The van der Waals surface area contributed by atoms with Crippen LogP contribution in [0.15, 0.2) is 59.5 Å². The third-order valence-corrected chi connectivity index (χ3v) is 5.32. The maximum absolute atomic E-state index is 14.0. The molecule has 0 amide bonds. The molecule has 2 heterocycles. The van der Waals surface area contributed by atoms with E-state index >= 15 is 0 Å². The van der Waals surface area contributed by atoms with Crippen molar-refractivity contribution in [3.63, 3.8) is 0 Å². The summed E-state index contributed by atoms with van der Waals surface area (Å²) in [6.45, 7) is 1.54. The summed E-state index contributed by atoms with van der Waals surface area (Å²) in [6.07, 6.45) is -4.16. The van der Waals surface area contributed by atoms with Crippen LogP contribution in [0.3, 0.4) is 0 Å². The lowest BCUT2D eigenvalue weighted by molar-refractivity contribution is -0.137. The standard InChI is InChI=1S/C22H16ClF4N5O/c1-11(30-19-15(22(25,26)27)10-29-21(28)31-19)17-8-12-4-2-7-16(23)18(12)20(33)32(17)14-6-3-5-13(24)9-14/h2-11H,1H3,(H3,28,29,30,31)/t11-/m0/s1. The number of nitrogen functional groups attached to an aromatic ring is 1. The van der Waals surface area contributed by atoms with Gasteiger partial charge in [-0.25, -0.2) is 9.37 Å². The molecule has 0 aliphatic heterocycles. The Kier molecular flexibility index (Phi) is 5.71. The molecule has 6 nitrogen and oxygen atoms in total. The molecule has 170 valence electrons. The monoisotopic (exact) mass is 477 g/mol. The molecule has 0 fully saturated rings. The Morgan fingerprint density at radius 1 is 1.15 bits per heavy atom. The van der Waals surface area contributed by atoms with Gasteiger partial charge in [-0.3, -0.25) is 9.36 Å². The maximum atomic E-state index is 14.0. The minimum Gasteiger partial charge on any atom is -0.368 e. The molecule has 4 rings (SSSR count). The second-order valence-electron chi connectivity index (χ2n) is 7.25. The van der Waals surface area contributed by atoms with Crippen molar-refractivity contribution in [1.29, 1.82) is 0 Å². The summed E-state index contributed by atoms with van der Waals surface area (Å²) in [5.74, 6) is -1.49. The average Bonchev–Trinajstić information content (AvgIpc) is 2.72. The van der Waals surface area contributed by atoms with Crippen molar-refractivity contribution >= 4 is 34.1 Å². The number of aromatic nitrogens is 3. The van der Waals surface area contributed by atoms with E-state index in [-0.39, 0.29) is 27.7 Å². The van der Waals surface area contributed by atoms with Gasteiger partial charge in [-0.05, 0) is 42.6 Å². The Balaban J connectivity index is 1.94. The zero-order valence-electron chi connectivity index (χ0n) is 17.0. The van der Waals surface area contributed by atoms with Crippen molar-refractivity contribution < 1.29 is 17.6 Å². The Morgan fingerprint density at radius 3 is 2.58 bits per heavy atom. The molecule has 33 heavy (non-hydrogen) atoms. The molecule has 0 saturated heterocycles. The molecule has 1 atom stereocenters. The molecule has 2 aromatic heterocycles. The van der Waals surface area contributed by atoms with Crippen LogP contribution in [0.25, 0.3) is 16.5 Å². The number of anilines is 2. The summed E-state index contributed by atoms with van der Waals surface area (Å²) in [4.78, 5) is 20.5. The number of pyridine rings is 1. The molecule has 0 aliphatic carbocycles. The van der Waals surface area contributed by atoms with Gasteiger partial charge < -0.3 is 11.1 Å². The number of halogens is 5. The molecule has 4 aromatic rings. The molecule has 0 radical (unpaired) electrons.